The zero-order valence-corrected chi connectivity index (χ0v) is 13.9. The second-order valence-corrected chi connectivity index (χ2v) is 5.17. The first-order chi connectivity index (χ1) is 12.5. The van der Waals surface area contributed by atoms with Crippen molar-refractivity contribution in [3.05, 3.63) is 65.7 Å². The van der Waals surface area contributed by atoms with Crippen LogP contribution in [0, 0.1) is 0 Å². The van der Waals surface area contributed by atoms with Crippen molar-refractivity contribution < 1.29 is 23.9 Å². The van der Waals surface area contributed by atoms with Gasteiger partial charge in [-0.05, 0) is 24.3 Å². The number of hydrazine groups is 1. The van der Waals surface area contributed by atoms with Crippen LogP contribution in [-0.4, -0.2) is 30.3 Å². The zero-order chi connectivity index (χ0) is 18.9. The molecule has 0 aliphatic rings. The second-order valence-electron chi connectivity index (χ2n) is 5.17. The van der Waals surface area contributed by atoms with Gasteiger partial charge in [-0.1, -0.05) is 30.3 Å². The number of carbonyl (C=O) groups excluding carboxylic acids is 4. The Morgan fingerprint density at radius 1 is 0.885 bits per heavy atom. The molecule has 0 spiro atoms. The highest BCUT2D eigenvalue weighted by molar-refractivity contribution is 6.08. The summed E-state index contributed by atoms with van der Waals surface area (Å²) in [4.78, 5) is 46.6. The minimum Gasteiger partial charge on any atom is -0.452 e. The Balaban J connectivity index is 2.01. The van der Waals surface area contributed by atoms with E-state index in [1.54, 1.807) is 48.5 Å². The van der Waals surface area contributed by atoms with Gasteiger partial charge in [0, 0.05) is 12.5 Å². The lowest BCUT2D eigenvalue weighted by Crippen LogP contribution is -2.42. The maximum absolute atomic E-state index is 12.2. The highest BCUT2D eigenvalue weighted by Gasteiger charge is 2.16. The highest BCUT2D eigenvalue weighted by Crippen LogP contribution is 2.17. The fraction of sp³-hybridized carbons (Fsp3) is 0.111. The first kappa shape index (κ1) is 18.7. The number of hydrogen-bond donors (Lipinski definition) is 3. The van der Waals surface area contributed by atoms with Gasteiger partial charge in [0.15, 0.2) is 6.61 Å². The summed E-state index contributed by atoms with van der Waals surface area (Å²) in [7, 11) is 0. The molecule has 0 aliphatic heterocycles. The minimum absolute atomic E-state index is 0.101. The normalized spacial score (nSPS) is 9.73. The van der Waals surface area contributed by atoms with Crippen molar-refractivity contribution in [1.82, 2.24) is 10.9 Å². The van der Waals surface area contributed by atoms with Crippen molar-refractivity contribution in [2.24, 2.45) is 0 Å². The molecule has 134 valence electrons. The summed E-state index contributed by atoms with van der Waals surface area (Å²) in [6.07, 6.45) is 0. The Labute approximate surface area is 149 Å². The fourth-order valence-corrected chi connectivity index (χ4v) is 1.96. The van der Waals surface area contributed by atoms with Crippen LogP contribution in [0.25, 0.3) is 0 Å². The molecule has 3 N–H and O–H groups in total. The summed E-state index contributed by atoms with van der Waals surface area (Å²) >= 11 is 0. The molecule has 2 aromatic carbocycles. The van der Waals surface area contributed by atoms with Crippen LogP contribution in [0.4, 0.5) is 5.69 Å². The second kappa shape index (κ2) is 8.97. The molecule has 0 radical (unpaired) electrons. The van der Waals surface area contributed by atoms with Gasteiger partial charge >= 0.3 is 5.97 Å². The molecule has 0 aliphatic carbocycles. The molecule has 0 unspecified atom stereocenters. The number of benzene rings is 2. The van der Waals surface area contributed by atoms with Crippen LogP contribution in [0.3, 0.4) is 0 Å². The largest absolute Gasteiger partial charge is 0.452 e. The van der Waals surface area contributed by atoms with Crippen molar-refractivity contribution >= 4 is 29.4 Å². The Morgan fingerprint density at radius 2 is 1.54 bits per heavy atom. The lowest BCUT2D eigenvalue weighted by atomic mass is 10.1. The van der Waals surface area contributed by atoms with Crippen molar-refractivity contribution in [3.8, 4) is 0 Å². The van der Waals surface area contributed by atoms with E-state index in [4.69, 9.17) is 4.74 Å². The van der Waals surface area contributed by atoms with Gasteiger partial charge < -0.3 is 10.1 Å². The van der Waals surface area contributed by atoms with Crippen molar-refractivity contribution in [2.75, 3.05) is 11.9 Å². The average molecular weight is 355 g/mol. The molecule has 0 bridgehead atoms. The number of esters is 1. The third-order valence-electron chi connectivity index (χ3n) is 3.14. The number of amides is 3. The van der Waals surface area contributed by atoms with E-state index in [0.29, 0.717) is 5.56 Å². The summed E-state index contributed by atoms with van der Waals surface area (Å²) in [5.41, 5.74) is 4.94. The van der Waals surface area contributed by atoms with Crippen LogP contribution in [0.5, 0.6) is 0 Å². The molecule has 2 rings (SSSR count). The predicted octanol–water partition coefficient (Wildman–Crippen LogP) is 1.26. The predicted molar refractivity (Wildman–Crippen MR) is 93.1 cm³/mol. The zero-order valence-electron chi connectivity index (χ0n) is 13.9. The van der Waals surface area contributed by atoms with E-state index in [9.17, 15) is 19.2 Å². The third kappa shape index (κ3) is 5.45. The van der Waals surface area contributed by atoms with E-state index < -0.39 is 24.4 Å². The maximum atomic E-state index is 12.2. The van der Waals surface area contributed by atoms with E-state index in [1.165, 1.54) is 13.0 Å². The van der Waals surface area contributed by atoms with Gasteiger partial charge in [-0.2, -0.15) is 0 Å². The van der Waals surface area contributed by atoms with Crippen LogP contribution in [-0.2, 0) is 14.3 Å². The molecular formula is C18H17N3O5. The molecule has 0 saturated heterocycles. The van der Waals surface area contributed by atoms with Gasteiger partial charge in [-0.3, -0.25) is 25.2 Å². The van der Waals surface area contributed by atoms with Crippen LogP contribution < -0.4 is 16.2 Å². The van der Waals surface area contributed by atoms with E-state index in [0.717, 1.165) is 0 Å². The minimum atomic E-state index is -0.785. The number of nitrogens with one attached hydrogen (secondary N) is 3. The number of ether oxygens (including phenoxy) is 1. The molecule has 0 fully saturated rings. The Morgan fingerprint density at radius 3 is 2.23 bits per heavy atom. The SMILES string of the molecule is CC(=O)NNC(=O)COC(=O)c1ccccc1NC(=O)c1ccccc1. The van der Waals surface area contributed by atoms with E-state index in [1.807, 2.05) is 0 Å². The smallest absolute Gasteiger partial charge is 0.340 e. The van der Waals surface area contributed by atoms with Crippen molar-refractivity contribution in [2.45, 2.75) is 6.92 Å². The monoisotopic (exact) mass is 355 g/mol. The van der Waals surface area contributed by atoms with Gasteiger partial charge in [-0.15, -0.1) is 0 Å². The summed E-state index contributed by atoms with van der Waals surface area (Å²) in [5, 5.41) is 2.64. The lowest BCUT2D eigenvalue weighted by molar-refractivity contribution is -0.129. The molecule has 26 heavy (non-hydrogen) atoms. The van der Waals surface area contributed by atoms with Gasteiger partial charge in [0.2, 0.25) is 5.91 Å². The molecule has 0 heterocycles. The summed E-state index contributed by atoms with van der Waals surface area (Å²) in [6.45, 7) is 0.637. The molecule has 2 aromatic rings. The number of carbonyl (C=O) groups is 4. The summed E-state index contributed by atoms with van der Waals surface area (Å²) in [5.74, 6) is -2.32. The Bertz CT molecular complexity index is 821. The molecule has 8 nitrogen and oxygen atoms in total. The van der Waals surface area contributed by atoms with Crippen LogP contribution >= 0.6 is 0 Å². The summed E-state index contributed by atoms with van der Waals surface area (Å²) in [6, 6.07) is 14.8. The van der Waals surface area contributed by atoms with E-state index >= 15 is 0 Å². The average Bonchev–Trinajstić information content (AvgIpc) is 2.65. The Hall–Kier alpha value is -3.68. The Kier molecular flexibility index (Phi) is 6.44. The van der Waals surface area contributed by atoms with Gasteiger partial charge in [0.25, 0.3) is 11.8 Å². The summed E-state index contributed by atoms with van der Waals surface area (Å²) < 4.78 is 4.90. The third-order valence-corrected chi connectivity index (χ3v) is 3.14. The number of rotatable bonds is 5. The van der Waals surface area contributed by atoms with Crippen molar-refractivity contribution in [1.29, 1.82) is 0 Å². The number of hydrogen-bond acceptors (Lipinski definition) is 5. The van der Waals surface area contributed by atoms with Crippen LogP contribution in [0.15, 0.2) is 54.6 Å². The first-order valence-electron chi connectivity index (χ1n) is 7.65. The van der Waals surface area contributed by atoms with Gasteiger partial charge in [0.1, 0.15) is 0 Å². The van der Waals surface area contributed by atoms with Crippen LogP contribution in [0.1, 0.15) is 27.6 Å². The van der Waals surface area contributed by atoms with Crippen LogP contribution in [0.2, 0.25) is 0 Å². The maximum Gasteiger partial charge on any atom is 0.340 e. The molecule has 0 saturated carbocycles. The van der Waals surface area contributed by atoms with Gasteiger partial charge in [-0.25, -0.2) is 4.79 Å². The molecule has 0 aromatic heterocycles. The highest BCUT2D eigenvalue weighted by atomic mass is 16.5. The number of para-hydroxylation sites is 1. The molecule has 3 amide bonds. The van der Waals surface area contributed by atoms with Gasteiger partial charge in [0.05, 0.1) is 11.3 Å². The fourth-order valence-electron chi connectivity index (χ4n) is 1.96. The van der Waals surface area contributed by atoms with E-state index in [2.05, 4.69) is 16.2 Å². The molecule has 0 atom stereocenters. The topological polar surface area (TPSA) is 114 Å². The molecular weight excluding hydrogens is 338 g/mol. The quantitative estimate of drug-likeness (QED) is 0.552. The molecule has 8 heteroatoms. The first-order valence-corrected chi connectivity index (χ1v) is 7.65. The lowest BCUT2D eigenvalue weighted by Gasteiger charge is -2.11. The van der Waals surface area contributed by atoms with E-state index in [-0.39, 0.29) is 17.2 Å². The number of anilines is 1. The standard InChI is InChI=1S/C18H17N3O5/c1-12(22)20-21-16(23)11-26-18(25)14-9-5-6-10-15(14)19-17(24)13-7-3-2-4-8-13/h2-10H,11H2,1H3,(H,19,24)(H,20,22)(H,21,23). The van der Waals surface area contributed by atoms with Crippen molar-refractivity contribution in [3.63, 3.8) is 0 Å².